The first-order chi connectivity index (χ1) is 8.24. The SMILES string of the molecule is CCc1ccc(OC)c(-c2cccc(Cl)c2)c1. The fourth-order valence-electron chi connectivity index (χ4n) is 1.86. The summed E-state index contributed by atoms with van der Waals surface area (Å²) in [4.78, 5) is 0. The number of ether oxygens (including phenoxy) is 1. The number of benzene rings is 2. The number of aryl methyl sites for hydroxylation is 1. The van der Waals surface area contributed by atoms with Gasteiger partial charge in [0.05, 0.1) is 7.11 Å². The number of halogens is 1. The molecule has 0 aliphatic heterocycles. The molecule has 2 aromatic rings. The minimum Gasteiger partial charge on any atom is -0.496 e. The van der Waals surface area contributed by atoms with Crippen LogP contribution < -0.4 is 4.74 Å². The lowest BCUT2D eigenvalue weighted by Crippen LogP contribution is -1.90. The molecular weight excluding hydrogens is 232 g/mol. The fraction of sp³-hybridized carbons (Fsp3) is 0.200. The van der Waals surface area contributed by atoms with E-state index in [-0.39, 0.29) is 0 Å². The summed E-state index contributed by atoms with van der Waals surface area (Å²) in [7, 11) is 1.69. The largest absolute Gasteiger partial charge is 0.496 e. The van der Waals surface area contributed by atoms with Gasteiger partial charge in [0.25, 0.3) is 0 Å². The second-order valence-electron chi connectivity index (χ2n) is 3.90. The summed E-state index contributed by atoms with van der Waals surface area (Å²) in [5, 5.41) is 0.742. The van der Waals surface area contributed by atoms with E-state index >= 15 is 0 Å². The molecule has 0 heterocycles. The van der Waals surface area contributed by atoms with Crippen LogP contribution in [0.4, 0.5) is 0 Å². The quantitative estimate of drug-likeness (QED) is 0.770. The highest BCUT2D eigenvalue weighted by molar-refractivity contribution is 6.30. The van der Waals surface area contributed by atoms with Crippen LogP contribution in [-0.2, 0) is 6.42 Å². The maximum Gasteiger partial charge on any atom is 0.126 e. The first kappa shape index (κ1) is 12.0. The zero-order valence-corrected chi connectivity index (χ0v) is 10.8. The Labute approximate surface area is 107 Å². The lowest BCUT2D eigenvalue weighted by Gasteiger charge is -2.10. The average molecular weight is 247 g/mol. The molecule has 0 aliphatic rings. The van der Waals surface area contributed by atoms with Crippen LogP contribution in [-0.4, -0.2) is 7.11 Å². The zero-order valence-electron chi connectivity index (χ0n) is 10.0. The Hall–Kier alpha value is -1.47. The van der Waals surface area contributed by atoms with Gasteiger partial charge < -0.3 is 4.74 Å². The molecule has 0 aromatic heterocycles. The maximum absolute atomic E-state index is 6.02. The second kappa shape index (κ2) is 5.24. The summed E-state index contributed by atoms with van der Waals surface area (Å²) in [6.07, 6.45) is 1.01. The van der Waals surface area contributed by atoms with Crippen molar-refractivity contribution in [2.45, 2.75) is 13.3 Å². The molecular formula is C15H15ClO. The van der Waals surface area contributed by atoms with Gasteiger partial charge in [-0.3, -0.25) is 0 Å². The van der Waals surface area contributed by atoms with Crippen molar-refractivity contribution in [3.8, 4) is 16.9 Å². The summed E-state index contributed by atoms with van der Waals surface area (Å²) < 4.78 is 5.40. The smallest absolute Gasteiger partial charge is 0.126 e. The van der Waals surface area contributed by atoms with E-state index in [1.165, 1.54) is 5.56 Å². The van der Waals surface area contributed by atoms with Gasteiger partial charge in [0.2, 0.25) is 0 Å². The van der Waals surface area contributed by atoms with Crippen LogP contribution >= 0.6 is 11.6 Å². The highest BCUT2D eigenvalue weighted by atomic mass is 35.5. The first-order valence-corrected chi connectivity index (χ1v) is 6.05. The lowest BCUT2D eigenvalue weighted by molar-refractivity contribution is 0.416. The van der Waals surface area contributed by atoms with E-state index in [1.807, 2.05) is 30.3 Å². The third kappa shape index (κ3) is 2.62. The number of methoxy groups -OCH3 is 1. The first-order valence-electron chi connectivity index (χ1n) is 5.67. The molecule has 0 bridgehead atoms. The van der Waals surface area contributed by atoms with Crippen molar-refractivity contribution in [1.82, 2.24) is 0 Å². The number of rotatable bonds is 3. The van der Waals surface area contributed by atoms with Crippen LogP contribution in [0.3, 0.4) is 0 Å². The topological polar surface area (TPSA) is 9.23 Å². The minimum atomic E-state index is 0.742. The van der Waals surface area contributed by atoms with Gasteiger partial charge in [-0.2, -0.15) is 0 Å². The molecule has 17 heavy (non-hydrogen) atoms. The summed E-state index contributed by atoms with van der Waals surface area (Å²) >= 11 is 6.02. The molecule has 0 saturated heterocycles. The van der Waals surface area contributed by atoms with Crippen molar-refractivity contribution < 1.29 is 4.74 Å². The molecule has 2 heteroatoms. The third-order valence-electron chi connectivity index (χ3n) is 2.81. The van der Waals surface area contributed by atoms with Gasteiger partial charge >= 0.3 is 0 Å². The molecule has 0 fully saturated rings. The molecule has 1 nitrogen and oxygen atoms in total. The number of hydrogen-bond donors (Lipinski definition) is 0. The Morgan fingerprint density at radius 3 is 2.59 bits per heavy atom. The average Bonchev–Trinajstić information content (AvgIpc) is 2.38. The summed E-state index contributed by atoms with van der Waals surface area (Å²) in [5.41, 5.74) is 3.47. The molecule has 0 saturated carbocycles. The van der Waals surface area contributed by atoms with Crippen LogP contribution in [0.5, 0.6) is 5.75 Å². The van der Waals surface area contributed by atoms with E-state index < -0.39 is 0 Å². The van der Waals surface area contributed by atoms with Gasteiger partial charge in [-0.25, -0.2) is 0 Å². The molecule has 0 radical (unpaired) electrons. The van der Waals surface area contributed by atoms with Crippen molar-refractivity contribution in [3.63, 3.8) is 0 Å². The lowest BCUT2D eigenvalue weighted by atomic mass is 10.0. The van der Waals surface area contributed by atoms with Crippen molar-refractivity contribution in [1.29, 1.82) is 0 Å². The Morgan fingerprint density at radius 1 is 1.12 bits per heavy atom. The maximum atomic E-state index is 6.02. The second-order valence-corrected chi connectivity index (χ2v) is 4.33. The molecule has 0 aliphatic carbocycles. The van der Waals surface area contributed by atoms with Crippen molar-refractivity contribution in [3.05, 3.63) is 53.1 Å². The zero-order chi connectivity index (χ0) is 12.3. The predicted octanol–water partition coefficient (Wildman–Crippen LogP) is 4.58. The number of hydrogen-bond acceptors (Lipinski definition) is 1. The van der Waals surface area contributed by atoms with E-state index in [0.717, 1.165) is 28.3 Å². The molecule has 0 amide bonds. The summed E-state index contributed by atoms with van der Waals surface area (Å²) in [5.74, 6) is 0.879. The van der Waals surface area contributed by atoms with E-state index in [9.17, 15) is 0 Å². The normalized spacial score (nSPS) is 10.3. The van der Waals surface area contributed by atoms with Crippen molar-refractivity contribution in [2.75, 3.05) is 7.11 Å². The van der Waals surface area contributed by atoms with Crippen LogP contribution in [0.15, 0.2) is 42.5 Å². The molecule has 0 unspecified atom stereocenters. The Morgan fingerprint density at radius 2 is 1.94 bits per heavy atom. The molecule has 0 N–H and O–H groups in total. The van der Waals surface area contributed by atoms with Gasteiger partial charge in [-0.05, 0) is 41.8 Å². The van der Waals surface area contributed by atoms with Crippen molar-refractivity contribution in [2.24, 2.45) is 0 Å². The highest BCUT2D eigenvalue weighted by Gasteiger charge is 2.06. The monoisotopic (exact) mass is 246 g/mol. The summed E-state index contributed by atoms with van der Waals surface area (Å²) in [6.45, 7) is 2.14. The minimum absolute atomic E-state index is 0.742. The van der Waals surface area contributed by atoms with E-state index in [2.05, 4.69) is 19.1 Å². The van der Waals surface area contributed by atoms with Crippen LogP contribution in [0.1, 0.15) is 12.5 Å². The summed E-state index contributed by atoms with van der Waals surface area (Å²) in [6, 6.07) is 14.1. The standard InChI is InChI=1S/C15H15ClO/c1-3-11-7-8-15(17-2)14(9-11)12-5-4-6-13(16)10-12/h4-10H,3H2,1-2H3. The van der Waals surface area contributed by atoms with Crippen LogP contribution in [0, 0.1) is 0 Å². The third-order valence-corrected chi connectivity index (χ3v) is 3.04. The van der Waals surface area contributed by atoms with Gasteiger partial charge in [0, 0.05) is 10.6 Å². The van der Waals surface area contributed by atoms with Crippen LogP contribution in [0.25, 0.3) is 11.1 Å². The molecule has 2 aromatic carbocycles. The molecule has 0 spiro atoms. The van der Waals surface area contributed by atoms with Gasteiger partial charge in [0.15, 0.2) is 0 Å². The molecule has 0 atom stereocenters. The predicted molar refractivity (Wildman–Crippen MR) is 72.8 cm³/mol. The van der Waals surface area contributed by atoms with Crippen molar-refractivity contribution >= 4 is 11.6 Å². The fourth-order valence-corrected chi connectivity index (χ4v) is 2.05. The Kier molecular flexibility index (Phi) is 3.70. The molecule has 2 rings (SSSR count). The highest BCUT2D eigenvalue weighted by Crippen LogP contribution is 2.32. The van der Waals surface area contributed by atoms with Gasteiger partial charge in [-0.15, -0.1) is 0 Å². The molecule has 88 valence electrons. The van der Waals surface area contributed by atoms with E-state index in [0.29, 0.717) is 0 Å². The Balaban J connectivity index is 2.56. The van der Waals surface area contributed by atoms with Gasteiger partial charge in [0.1, 0.15) is 5.75 Å². The Bertz CT molecular complexity index is 520. The van der Waals surface area contributed by atoms with E-state index in [1.54, 1.807) is 7.11 Å². The van der Waals surface area contributed by atoms with Gasteiger partial charge in [-0.1, -0.05) is 36.7 Å². The van der Waals surface area contributed by atoms with Crippen LogP contribution in [0.2, 0.25) is 5.02 Å². The van der Waals surface area contributed by atoms with E-state index in [4.69, 9.17) is 16.3 Å².